The van der Waals surface area contributed by atoms with Crippen LogP contribution in [-0.2, 0) is 0 Å². The van der Waals surface area contributed by atoms with E-state index in [2.05, 4.69) is 13.8 Å². The van der Waals surface area contributed by atoms with Crippen LogP contribution in [0.2, 0.25) is 0 Å². The first-order chi connectivity index (χ1) is 10.8. The number of allylic oxidation sites excluding steroid dienone is 1. The predicted molar refractivity (Wildman–Crippen MR) is 98.4 cm³/mol. The molecule has 0 bridgehead atoms. The van der Waals surface area contributed by atoms with Crippen LogP contribution in [0, 0.1) is 11.8 Å². The van der Waals surface area contributed by atoms with Crippen LogP contribution in [0.4, 0.5) is 0 Å². The summed E-state index contributed by atoms with van der Waals surface area (Å²) >= 11 is 0. The smallest absolute Gasteiger partial charge is 0.0619 e. The summed E-state index contributed by atoms with van der Waals surface area (Å²) in [5, 5.41) is 28.3. The molecule has 23 heavy (non-hydrogen) atoms. The van der Waals surface area contributed by atoms with Gasteiger partial charge in [0.25, 0.3) is 0 Å². The summed E-state index contributed by atoms with van der Waals surface area (Å²) in [4.78, 5) is 0. The van der Waals surface area contributed by atoms with E-state index in [1.165, 1.54) is 24.8 Å². The topological polar surface area (TPSA) is 60.7 Å². The normalized spacial score (nSPS) is 17.8. The molecule has 0 fully saturated rings. The van der Waals surface area contributed by atoms with Gasteiger partial charge in [0.15, 0.2) is 0 Å². The highest BCUT2D eigenvalue weighted by atomic mass is 16.3. The Morgan fingerprint density at radius 2 is 1.48 bits per heavy atom. The minimum Gasteiger partial charge on any atom is -0.396 e. The van der Waals surface area contributed by atoms with Crippen molar-refractivity contribution in [2.24, 2.45) is 11.8 Å². The van der Waals surface area contributed by atoms with E-state index >= 15 is 0 Å². The molecular formula is C20H40O3. The van der Waals surface area contributed by atoms with Crippen LogP contribution >= 0.6 is 0 Å². The van der Waals surface area contributed by atoms with Crippen LogP contribution in [0.1, 0.15) is 85.5 Å². The van der Waals surface area contributed by atoms with E-state index in [1.54, 1.807) is 0 Å². The number of aliphatic hydroxyl groups is 3. The van der Waals surface area contributed by atoms with Gasteiger partial charge in [-0.25, -0.2) is 0 Å². The predicted octanol–water partition coefficient (Wildman–Crippen LogP) is 4.45. The van der Waals surface area contributed by atoms with Crippen molar-refractivity contribution in [1.29, 1.82) is 0 Å². The Morgan fingerprint density at radius 3 is 2.00 bits per heavy atom. The lowest BCUT2D eigenvalue weighted by Gasteiger charge is -2.24. The van der Waals surface area contributed by atoms with Crippen molar-refractivity contribution >= 4 is 0 Å². The summed E-state index contributed by atoms with van der Waals surface area (Å²) in [5.41, 5.74) is 0.717. The standard InChI is InChI=1S/C20H40O3/c1-17(8-5-9-18(2)12-15-21)10-6-13-20(4,23)14-7-11-19(3)16-22/h12,17,19,21-23H,5-11,13-16H2,1-4H3/b18-12+/t17-,19+,20+/m0/s1. The van der Waals surface area contributed by atoms with Gasteiger partial charge in [-0.15, -0.1) is 0 Å². The van der Waals surface area contributed by atoms with Gasteiger partial charge in [0.2, 0.25) is 0 Å². The van der Waals surface area contributed by atoms with E-state index in [0.717, 1.165) is 38.5 Å². The molecule has 0 saturated heterocycles. The van der Waals surface area contributed by atoms with Gasteiger partial charge in [0, 0.05) is 6.61 Å². The quantitative estimate of drug-likeness (QED) is 0.413. The van der Waals surface area contributed by atoms with Crippen molar-refractivity contribution in [3.05, 3.63) is 11.6 Å². The fourth-order valence-electron chi connectivity index (χ4n) is 3.01. The molecule has 0 rings (SSSR count). The second-order valence-corrected chi connectivity index (χ2v) is 7.80. The van der Waals surface area contributed by atoms with Crippen LogP contribution in [0.25, 0.3) is 0 Å². The first-order valence-corrected chi connectivity index (χ1v) is 9.40. The molecule has 138 valence electrons. The van der Waals surface area contributed by atoms with Gasteiger partial charge in [0.05, 0.1) is 12.2 Å². The van der Waals surface area contributed by atoms with E-state index in [0.29, 0.717) is 11.8 Å². The Hall–Kier alpha value is -0.380. The lowest BCUT2D eigenvalue weighted by Crippen LogP contribution is -2.24. The molecule has 0 saturated carbocycles. The van der Waals surface area contributed by atoms with E-state index in [-0.39, 0.29) is 13.2 Å². The summed E-state index contributed by atoms with van der Waals surface area (Å²) in [6.45, 7) is 8.76. The average molecular weight is 329 g/mol. The van der Waals surface area contributed by atoms with Gasteiger partial charge >= 0.3 is 0 Å². The van der Waals surface area contributed by atoms with E-state index in [4.69, 9.17) is 10.2 Å². The van der Waals surface area contributed by atoms with Crippen molar-refractivity contribution in [1.82, 2.24) is 0 Å². The third-order valence-corrected chi connectivity index (χ3v) is 4.84. The first-order valence-electron chi connectivity index (χ1n) is 9.40. The Labute approximate surface area is 143 Å². The minimum absolute atomic E-state index is 0.146. The molecule has 0 aromatic rings. The number of rotatable bonds is 14. The van der Waals surface area contributed by atoms with Crippen LogP contribution < -0.4 is 0 Å². The molecule has 0 aliphatic heterocycles. The van der Waals surface area contributed by atoms with Gasteiger partial charge in [-0.05, 0) is 57.8 Å². The molecule has 0 spiro atoms. The lowest BCUT2D eigenvalue weighted by molar-refractivity contribution is 0.0341. The average Bonchev–Trinajstić information content (AvgIpc) is 2.46. The molecule has 0 heterocycles. The summed E-state index contributed by atoms with van der Waals surface area (Å²) in [6, 6.07) is 0. The van der Waals surface area contributed by atoms with Crippen molar-refractivity contribution in [2.45, 2.75) is 91.1 Å². The maximum atomic E-state index is 10.4. The Bertz CT molecular complexity index is 310. The lowest BCUT2D eigenvalue weighted by atomic mass is 9.88. The zero-order chi connectivity index (χ0) is 17.7. The number of hydrogen-bond acceptors (Lipinski definition) is 3. The minimum atomic E-state index is -0.560. The highest BCUT2D eigenvalue weighted by molar-refractivity contribution is 4.97. The van der Waals surface area contributed by atoms with Crippen LogP contribution in [0.5, 0.6) is 0 Å². The molecule has 3 nitrogen and oxygen atoms in total. The maximum Gasteiger partial charge on any atom is 0.0619 e. The number of aliphatic hydroxyl groups excluding tert-OH is 2. The van der Waals surface area contributed by atoms with Gasteiger partial charge in [0.1, 0.15) is 0 Å². The SMILES string of the molecule is C/C(=C\CO)CCC[C@H](C)CCC[C@@](C)(O)CCC[C@@H](C)CO. The molecule has 0 aromatic heterocycles. The van der Waals surface area contributed by atoms with Crippen LogP contribution in [0.3, 0.4) is 0 Å². The van der Waals surface area contributed by atoms with E-state index in [9.17, 15) is 5.11 Å². The van der Waals surface area contributed by atoms with E-state index in [1.807, 2.05) is 19.9 Å². The molecule has 0 aliphatic rings. The van der Waals surface area contributed by atoms with Gasteiger partial charge in [-0.1, -0.05) is 51.2 Å². The monoisotopic (exact) mass is 328 g/mol. The first kappa shape index (κ1) is 22.6. The van der Waals surface area contributed by atoms with Crippen LogP contribution in [0.15, 0.2) is 11.6 Å². The Kier molecular flexibility index (Phi) is 12.8. The molecule has 3 heteroatoms. The van der Waals surface area contributed by atoms with Crippen molar-refractivity contribution in [3.63, 3.8) is 0 Å². The largest absolute Gasteiger partial charge is 0.396 e. The van der Waals surface area contributed by atoms with Crippen LogP contribution in [-0.4, -0.2) is 34.1 Å². The fraction of sp³-hybridized carbons (Fsp3) is 0.900. The zero-order valence-corrected chi connectivity index (χ0v) is 15.9. The highest BCUT2D eigenvalue weighted by Crippen LogP contribution is 2.25. The molecule has 0 aliphatic carbocycles. The molecule has 3 N–H and O–H groups in total. The third kappa shape index (κ3) is 13.7. The summed E-state index contributed by atoms with van der Waals surface area (Å²) in [7, 11) is 0. The highest BCUT2D eigenvalue weighted by Gasteiger charge is 2.20. The maximum absolute atomic E-state index is 10.4. The summed E-state index contributed by atoms with van der Waals surface area (Å²) in [6.07, 6.45) is 11.3. The molecule has 0 unspecified atom stereocenters. The Morgan fingerprint density at radius 1 is 0.957 bits per heavy atom. The molecule has 0 aromatic carbocycles. The van der Waals surface area contributed by atoms with Gasteiger partial charge < -0.3 is 15.3 Å². The molecule has 0 amide bonds. The van der Waals surface area contributed by atoms with Crippen molar-refractivity contribution in [2.75, 3.05) is 13.2 Å². The van der Waals surface area contributed by atoms with Gasteiger partial charge in [-0.3, -0.25) is 0 Å². The van der Waals surface area contributed by atoms with Crippen molar-refractivity contribution in [3.8, 4) is 0 Å². The molecular weight excluding hydrogens is 288 g/mol. The fourth-order valence-corrected chi connectivity index (χ4v) is 3.01. The molecule has 0 radical (unpaired) electrons. The zero-order valence-electron chi connectivity index (χ0n) is 15.9. The Balaban J connectivity index is 3.75. The van der Waals surface area contributed by atoms with Gasteiger partial charge in [-0.2, -0.15) is 0 Å². The van der Waals surface area contributed by atoms with Crippen molar-refractivity contribution < 1.29 is 15.3 Å². The summed E-state index contributed by atoms with van der Waals surface area (Å²) in [5.74, 6) is 1.04. The second kappa shape index (κ2) is 13.0. The molecule has 3 atom stereocenters. The second-order valence-electron chi connectivity index (χ2n) is 7.80. The van der Waals surface area contributed by atoms with E-state index < -0.39 is 5.60 Å². The third-order valence-electron chi connectivity index (χ3n) is 4.84. The summed E-state index contributed by atoms with van der Waals surface area (Å²) < 4.78 is 0. The number of hydrogen-bond donors (Lipinski definition) is 3.